The van der Waals surface area contributed by atoms with E-state index in [1.165, 1.54) is 51.4 Å². The van der Waals surface area contributed by atoms with Gasteiger partial charge in [-0.25, -0.2) is 0 Å². The number of carbonyl (C=O) groups is 1. The molecule has 120 valence electrons. The zero-order valence-electron chi connectivity index (χ0n) is 13.8. The molecule has 0 aromatic carbocycles. The van der Waals surface area contributed by atoms with Gasteiger partial charge in [0.15, 0.2) is 0 Å². The second kappa shape index (κ2) is 8.12. The highest BCUT2D eigenvalue weighted by atomic mass is 16.1. The molecule has 1 aliphatic heterocycles. The molecule has 1 heterocycles. The van der Waals surface area contributed by atoms with E-state index in [1.54, 1.807) is 0 Å². The van der Waals surface area contributed by atoms with Gasteiger partial charge in [0.2, 0.25) is 0 Å². The fraction of sp³-hybridized carbons (Fsp3) is 0.842. The summed E-state index contributed by atoms with van der Waals surface area (Å²) in [5.41, 5.74) is 0.0944. The molecule has 0 aromatic rings. The lowest BCUT2D eigenvalue weighted by atomic mass is 9.64. The largest absolute Gasteiger partial charge is 0.307 e. The van der Waals surface area contributed by atoms with Gasteiger partial charge in [-0.05, 0) is 32.1 Å². The van der Waals surface area contributed by atoms with Gasteiger partial charge in [0.25, 0.3) is 0 Å². The SMILES string of the molecule is C=CCC[C@]12CCCC[C@H]1C(=O)C[C@H](CCCCCC)N2. The summed E-state index contributed by atoms with van der Waals surface area (Å²) in [6.45, 7) is 6.12. The van der Waals surface area contributed by atoms with E-state index in [-0.39, 0.29) is 11.5 Å². The Morgan fingerprint density at radius 1 is 1.33 bits per heavy atom. The first-order chi connectivity index (χ1) is 10.2. The summed E-state index contributed by atoms with van der Waals surface area (Å²) in [7, 11) is 0. The molecule has 0 radical (unpaired) electrons. The molecule has 1 aliphatic carbocycles. The Kier molecular flexibility index (Phi) is 6.47. The van der Waals surface area contributed by atoms with Gasteiger partial charge in [-0.3, -0.25) is 4.79 Å². The van der Waals surface area contributed by atoms with Crippen LogP contribution >= 0.6 is 0 Å². The van der Waals surface area contributed by atoms with Crippen molar-refractivity contribution >= 4 is 5.78 Å². The van der Waals surface area contributed by atoms with Crippen LogP contribution < -0.4 is 5.32 Å². The molecule has 1 saturated carbocycles. The summed E-state index contributed by atoms with van der Waals surface area (Å²) >= 11 is 0. The van der Waals surface area contributed by atoms with Crippen molar-refractivity contribution in [1.82, 2.24) is 5.32 Å². The summed E-state index contributed by atoms with van der Waals surface area (Å²) in [4.78, 5) is 12.6. The first-order valence-corrected chi connectivity index (χ1v) is 9.13. The Labute approximate surface area is 130 Å². The minimum absolute atomic E-state index is 0.0944. The van der Waals surface area contributed by atoms with Gasteiger partial charge in [-0.2, -0.15) is 0 Å². The van der Waals surface area contributed by atoms with Crippen molar-refractivity contribution in [1.29, 1.82) is 0 Å². The van der Waals surface area contributed by atoms with Crippen molar-refractivity contribution in [3.05, 3.63) is 12.7 Å². The summed E-state index contributed by atoms with van der Waals surface area (Å²) in [5, 5.41) is 3.94. The number of hydrogen-bond acceptors (Lipinski definition) is 2. The molecule has 2 rings (SSSR count). The van der Waals surface area contributed by atoms with Gasteiger partial charge in [0.1, 0.15) is 5.78 Å². The smallest absolute Gasteiger partial charge is 0.139 e. The van der Waals surface area contributed by atoms with Crippen LogP contribution in [0.3, 0.4) is 0 Å². The van der Waals surface area contributed by atoms with Crippen molar-refractivity contribution in [2.24, 2.45) is 5.92 Å². The fourth-order valence-corrected chi connectivity index (χ4v) is 4.45. The zero-order chi connectivity index (χ0) is 15.1. The lowest BCUT2D eigenvalue weighted by molar-refractivity contribution is -0.131. The Balaban J connectivity index is 1.98. The molecular formula is C19H33NO. The van der Waals surface area contributed by atoms with Gasteiger partial charge in [-0.15, -0.1) is 6.58 Å². The Morgan fingerprint density at radius 3 is 2.95 bits per heavy atom. The number of piperidine rings is 1. The third-order valence-electron chi connectivity index (χ3n) is 5.56. The molecule has 0 aromatic heterocycles. The molecule has 2 heteroatoms. The molecular weight excluding hydrogens is 258 g/mol. The first-order valence-electron chi connectivity index (χ1n) is 9.13. The second-order valence-electron chi connectivity index (χ2n) is 7.14. The molecule has 1 saturated heterocycles. The lowest BCUT2D eigenvalue weighted by Crippen LogP contribution is -2.63. The van der Waals surface area contributed by atoms with E-state index >= 15 is 0 Å². The van der Waals surface area contributed by atoms with Crippen LogP contribution in [0.25, 0.3) is 0 Å². The summed E-state index contributed by atoms with van der Waals surface area (Å²) in [6.07, 6.45) is 16.1. The van der Waals surface area contributed by atoms with Gasteiger partial charge in [0, 0.05) is 23.9 Å². The summed E-state index contributed by atoms with van der Waals surface area (Å²) in [5.74, 6) is 0.816. The first kappa shape index (κ1) is 16.7. The summed E-state index contributed by atoms with van der Waals surface area (Å²) < 4.78 is 0. The number of Topliss-reactive ketones (excluding diaryl/α,β-unsaturated/α-hetero) is 1. The maximum absolute atomic E-state index is 12.6. The van der Waals surface area contributed by atoms with E-state index in [4.69, 9.17) is 0 Å². The normalized spacial score (nSPS) is 32.7. The highest BCUT2D eigenvalue weighted by Crippen LogP contribution is 2.42. The van der Waals surface area contributed by atoms with Crippen molar-refractivity contribution < 1.29 is 4.79 Å². The number of hydrogen-bond donors (Lipinski definition) is 1. The molecule has 2 aliphatic rings. The number of ketones is 1. The average molecular weight is 291 g/mol. The predicted octanol–water partition coefficient (Wildman–Crippen LogP) is 4.78. The number of unbranched alkanes of at least 4 members (excludes halogenated alkanes) is 3. The van der Waals surface area contributed by atoms with Crippen molar-refractivity contribution in [2.45, 2.75) is 95.6 Å². The van der Waals surface area contributed by atoms with Crippen LogP contribution in [0.4, 0.5) is 0 Å². The highest BCUT2D eigenvalue weighted by Gasteiger charge is 2.48. The number of nitrogens with one attached hydrogen (secondary N) is 1. The monoisotopic (exact) mass is 291 g/mol. The van der Waals surface area contributed by atoms with Crippen molar-refractivity contribution in [3.63, 3.8) is 0 Å². The Bertz CT molecular complexity index is 351. The maximum Gasteiger partial charge on any atom is 0.139 e. The molecule has 1 N–H and O–H groups in total. The minimum atomic E-state index is 0.0944. The van der Waals surface area contributed by atoms with Crippen LogP contribution in [0.15, 0.2) is 12.7 Å². The number of allylic oxidation sites excluding steroid dienone is 1. The van der Waals surface area contributed by atoms with Crippen LogP contribution in [-0.2, 0) is 4.79 Å². The van der Waals surface area contributed by atoms with Gasteiger partial charge in [-0.1, -0.05) is 51.5 Å². The molecule has 21 heavy (non-hydrogen) atoms. The standard InChI is InChI=1S/C19H33NO/c1-3-5-7-8-11-16-15-18(21)17-12-9-10-14-19(17,20-16)13-6-4-2/h4,16-17,20H,2-3,5-15H2,1H3/t16-,17-,19-/m0/s1. The predicted molar refractivity (Wildman–Crippen MR) is 89.4 cm³/mol. The van der Waals surface area contributed by atoms with Crippen LogP contribution in [0, 0.1) is 5.92 Å². The van der Waals surface area contributed by atoms with E-state index < -0.39 is 0 Å². The number of carbonyl (C=O) groups excluding carboxylic acids is 1. The molecule has 2 fully saturated rings. The van der Waals surface area contributed by atoms with Crippen LogP contribution in [0.5, 0.6) is 0 Å². The third kappa shape index (κ3) is 4.18. The zero-order valence-corrected chi connectivity index (χ0v) is 13.8. The summed E-state index contributed by atoms with van der Waals surface area (Å²) in [6, 6.07) is 0.425. The highest BCUT2D eigenvalue weighted by molar-refractivity contribution is 5.84. The molecule has 0 unspecified atom stereocenters. The molecule has 0 amide bonds. The average Bonchev–Trinajstić information content (AvgIpc) is 2.50. The number of rotatable bonds is 8. The van der Waals surface area contributed by atoms with Gasteiger partial charge < -0.3 is 5.32 Å². The topological polar surface area (TPSA) is 29.1 Å². The molecule has 0 bridgehead atoms. The quantitative estimate of drug-likeness (QED) is 0.515. The molecule has 0 spiro atoms. The lowest BCUT2D eigenvalue weighted by Gasteiger charge is -2.50. The third-order valence-corrected chi connectivity index (χ3v) is 5.56. The van der Waals surface area contributed by atoms with Crippen LogP contribution in [0.1, 0.15) is 84.0 Å². The van der Waals surface area contributed by atoms with Gasteiger partial charge >= 0.3 is 0 Å². The second-order valence-corrected chi connectivity index (χ2v) is 7.14. The van der Waals surface area contributed by atoms with E-state index in [1.807, 2.05) is 6.08 Å². The van der Waals surface area contributed by atoms with E-state index in [0.29, 0.717) is 11.8 Å². The minimum Gasteiger partial charge on any atom is -0.307 e. The van der Waals surface area contributed by atoms with Crippen molar-refractivity contribution in [2.75, 3.05) is 0 Å². The van der Waals surface area contributed by atoms with Crippen LogP contribution in [0.2, 0.25) is 0 Å². The Morgan fingerprint density at radius 2 is 2.19 bits per heavy atom. The fourth-order valence-electron chi connectivity index (χ4n) is 4.45. The molecule has 2 nitrogen and oxygen atoms in total. The molecule has 3 atom stereocenters. The van der Waals surface area contributed by atoms with Crippen molar-refractivity contribution in [3.8, 4) is 0 Å². The van der Waals surface area contributed by atoms with E-state index in [0.717, 1.165) is 25.7 Å². The maximum atomic E-state index is 12.6. The van der Waals surface area contributed by atoms with E-state index in [2.05, 4.69) is 18.8 Å². The van der Waals surface area contributed by atoms with Gasteiger partial charge in [0.05, 0.1) is 0 Å². The van der Waals surface area contributed by atoms with Crippen LogP contribution in [-0.4, -0.2) is 17.4 Å². The van der Waals surface area contributed by atoms with E-state index in [9.17, 15) is 4.79 Å². The Hall–Kier alpha value is -0.630. The number of fused-ring (bicyclic) bond motifs is 1.